The van der Waals surface area contributed by atoms with Crippen molar-refractivity contribution in [2.75, 3.05) is 26.3 Å². The van der Waals surface area contributed by atoms with Gasteiger partial charge in [0.1, 0.15) is 17.1 Å². The van der Waals surface area contributed by atoms with Gasteiger partial charge in [0.05, 0.1) is 24.8 Å². The fourth-order valence-electron chi connectivity index (χ4n) is 3.54. The molecule has 1 aromatic heterocycles. The average Bonchev–Trinajstić information content (AvgIpc) is 3.21. The molecule has 1 N–H and O–H groups in total. The van der Waals surface area contributed by atoms with Crippen LogP contribution in [0.1, 0.15) is 26.5 Å². The van der Waals surface area contributed by atoms with Gasteiger partial charge in [-0.1, -0.05) is 23.7 Å². The van der Waals surface area contributed by atoms with Gasteiger partial charge in [0.25, 0.3) is 0 Å². The molecule has 0 spiro atoms. The van der Waals surface area contributed by atoms with E-state index in [-0.39, 0.29) is 6.54 Å². The molecule has 9 heteroatoms. The van der Waals surface area contributed by atoms with Crippen LogP contribution in [0.4, 0.5) is 9.59 Å². The number of benzene rings is 2. The van der Waals surface area contributed by atoms with E-state index in [9.17, 15) is 9.59 Å². The fraction of sp³-hybridized carbons (Fsp3) is 0.360. The summed E-state index contributed by atoms with van der Waals surface area (Å²) in [5.74, 6) is 0.993. The number of alkyl carbamates (subject to hydrolysis) is 1. The zero-order chi connectivity index (χ0) is 24.3. The number of ether oxygens (including phenoxy) is 3. The van der Waals surface area contributed by atoms with Crippen molar-refractivity contribution in [1.82, 2.24) is 10.2 Å². The number of amides is 2. The maximum absolute atomic E-state index is 12.4. The van der Waals surface area contributed by atoms with Crippen LogP contribution in [0.25, 0.3) is 22.1 Å². The molecule has 0 saturated carbocycles. The van der Waals surface area contributed by atoms with Crippen molar-refractivity contribution in [1.29, 1.82) is 0 Å². The second kappa shape index (κ2) is 9.95. The Kier molecular flexibility index (Phi) is 7.00. The minimum atomic E-state index is -0.582. The van der Waals surface area contributed by atoms with Crippen LogP contribution in [0, 0.1) is 0 Å². The molecule has 34 heavy (non-hydrogen) atoms. The highest BCUT2D eigenvalue weighted by molar-refractivity contribution is 6.35. The third-order valence-corrected chi connectivity index (χ3v) is 5.35. The maximum Gasteiger partial charge on any atom is 0.415 e. The van der Waals surface area contributed by atoms with Crippen molar-refractivity contribution in [3.63, 3.8) is 0 Å². The van der Waals surface area contributed by atoms with Crippen molar-refractivity contribution >= 4 is 34.8 Å². The standard InChI is InChI=1S/C25H27ClN2O6/c1-25(2,3)34-23(29)27-15-20-13-18-11-17(14-21(26)22(18)32-20)16-5-4-6-19(12-16)33-24(30)28-7-9-31-10-8-28/h4-6,11-14H,7-10,15H2,1-3H3,(H,27,29). The van der Waals surface area contributed by atoms with Crippen molar-refractivity contribution < 1.29 is 28.2 Å². The van der Waals surface area contributed by atoms with Gasteiger partial charge in [-0.3, -0.25) is 0 Å². The summed E-state index contributed by atoms with van der Waals surface area (Å²) in [7, 11) is 0. The smallest absolute Gasteiger partial charge is 0.415 e. The van der Waals surface area contributed by atoms with Crippen LogP contribution < -0.4 is 10.1 Å². The molecule has 2 amide bonds. The molecule has 0 atom stereocenters. The summed E-state index contributed by atoms with van der Waals surface area (Å²) in [5.41, 5.74) is 1.63. The first-order chi connectivity index (χ1) is 16.2. The van der Waals surface area contributed by atoms with E-state index in [1.165, 1.54) is 0 Å². The summed E-state index contributed by atoms with van der Waals surface area (Å²) in [6, 6.07) is 12.8. The number of halogens is 1. The van der Waals surface area contributed by atoms with Gasteiger partial charge in [-0.05, 0) is 62.2 Å². The molecule has 0 unspecified atom stereocenters. The van der Waals surface area contributed by atoms with Crippen LogP contribution in [0.3, 0.4) is 0 Å². The Balaban J connectivity index is 1.49. The second-order valence-corrected chi connectivity index (χ2v) is 9.35. The van der Waals surface area contributed by atoms with E-state index < -0.39 is 17.8 Å². The summed E-state index contributed by atoms with van der Waals surface area (Å²) in [4.78, 5) is 25.9. The molecule has 0 aliphatic carbocycles. The highest BCUT2D eigenvalue weighted by Gasteiger charge is 2.20. The van der Waals surface area contributed by atoms with E-state index in [1.54, 1.807) is 43.9 Å². The van der Waals surface area contributed by atoms with E-state index in [0.717, 1.165) is 16.5 Å². The molecule has 2 heterocycles. The summed E-state index contributed by atoms with van der Waals surface area (Å²) < 4.78 is 21.9. The van der Waals surface area contributed by atoms with Gasteiger partial charge in [0.15, 0.2) is 5.58 Å². The lowest BCUT2D eigenvalue weighted by Gasteiger charge is -2.25. The topological polar surface area (TPSA) is 90.2 Å². The minimum absolute atomic E-state index is 0.169. The van der Waals surface area contributed by atoms with E-state index in [1.807, 2.05) is 24.3 Å². The maximum atomic E-state index is 12.4. The minimum Gasteiger partial charge on any atom is -0.458 e. The molecule has 0 radical (unpaired) electrons. The Bertz CT molecular complexity index is 1190. The number of rotatable bonds is 4. The van der Waals surface area contributed by atoms with Crippen molar-refractivity contribution in [3.8, 4) is 16.9 Å². The summed E-state index contributed by atoms with van der Waals surface area (Å²) >= 11 is 6.49. The molecule has 1 saturated heterocycles. The number of carbonyl (C=O) groups is 2. The van der Waals surface area contributed by atoms with Crippen molar-refractivity contribution in [2.24, 2.45) is 0 Å². The van der Waals surface area contributed by atoms with Crippen molar-refractivity contribution in [2.45, 2.75) is 32.9 Å². The van der Waals surface area contributed by atoms with E-state index in [4.69, 9.17) is 30.2 Å². The largest absolute Gasteiger partial charge is 0.458 e. The average molecular weight is 487 g/mol. The lowest BCUT2D eigenvalue weighted by atomic mass is 10.0. The molecular weight excluding hydrogens is 460 g/mol. The Morgan fingerprint density at radius 2 is 1.85 bits per heavy atom. The highest BCUT2D eigenvalue weighted by atomic mass is 35.5. The normalized spacial score (nSPS) is 14.2. The molecular formula is C25H27ClN2O6. The second-order valence-electron chi connectivity index (χ2n) is 8.94. The summed E-state index contributed by atoms with van der Waals surface area (Å²) in [6.45, 7) is 7.60. The van der Waals surface area contributed by atoms with Gasteiger partial charge in [-0.2, -0.15) is 0 Å². The Labute approximate surface area is 202 Å². The molecule has 1 aliphatic rings. The van der Waals surface area contributed by atoms with Gasteiger partial charge >= 0.3 is 12.2 Å². The Morgan fingerprint density at radius 1 is 1.09 bits per heavy atom. The predicted molar refractivity (Wildman–Crippen MR) is 128 cm³/mol. The van der Waals surface area contributed by atoms with Gasteiger partial charge in [0.2, 0.25) is 0 Å². The third-order valence-electron chi connectivity index (χ3n) is 5.07. The Hall–Kier alpha value is -3.23. The monoisotopic (exact) mass is 486 g/mol. The van der Waals surface area contributed by atoms with Crippen LogP contribution in [0.5, 0.6) is 5.75 Å². The number of nitrogens with one attached hydrogen (secondary N) is 1. The summed E-state index contributed by atoms with van der Waals surface area (Å²) in [5, 5.41) is 3.90. The molecule has 2 aromatic carbocycles. The SMILES string of the molecule is CC(C)(C)OC(=O)NCc1cc2cc(-c3cccc(OC(=O)N4CCOCC4)c3)cc(Cl)c2o1. The van der Waals surface area contributed by atoms with E-state index >= 15 is 0 Å². The molecule has 0 bridgehead atoms. The number of furan rings is 1. The van der Waals surface area contributed by atoms with Crippen LogP contribution in [0.15, 0.2) is 46.9 Å². The zero-order valence-electron chi connectivity index (χ0n) is 19.4. The zero-order valence-corrected chi connectivity index (χ0v) is 20.1. The first-order valence-electron chi connectivity index (χ1n) is 11.0. The predicted octanol–water partition coefficient (Wildman–Crippen LogP) is 5.61. The number of hydrogen-bond acceptors (Lipinski definition) is 6. The van der Waals surface area contributed by atoms with Crippen LogP contribution >= 0.6 is 11.6 Å². The molecule has 4 rings (SSSR count). The first-order valence-corrected chi connectivity index (χ1v) is 11.4. The number of nitrogens with zero attached hydrogens (tertiary/aromatic N) is 1. The number of carbonyl (C=O) groups excluding carboxylic acids is 2. The molecule has 180 valence electrons. The highest BCUT2D eigenvalue weighted by Crippen LogP contribution is 2.34. The summed E-state index contributed by atoms with van der Waals surface area (Å²) in [6.07, 6.45) is -0.922. The molecule has 1 aliphatic heterocycles. The Morgan fingerprint density at radius 3 is 2.59 bits per heavy atom. The van der Waals surface area contributed by atoms with E-state index in [0.29, 0.717) is 48.4 Å². The molecule has 1 fully saturated rings. The van der Waals surface area contributed by atoms with Gasteiger partial charge in [-0.15, -0.1) is 0 Å². The number of fused-ring (bicyclic) bond motifs is 1. The number of hydrogen-bond donors (Lipinski definition) is 1. The molecule has 8 nitrogen and oxygen atoms in total. The van der Waals surface area contributed by atoms with Crippen molar-refractivity contribution in [3.05, 3.63) is 53.2 Å². The van der Waals surface area contributed by atoms with Crippen LogP contribution in [0.2, 0.25) is 5.02 Å². The molecule has 3 aromatic rings. The number of morpholine rings is 1. The lowest BCUT2D eigenvalue weighted by molar-refractivity contribution is 0.0416. The van der Waals surface area contributed by atoms with Gasteiger partial charge < -0.3 is 28.8 Å². The van der Waals surface area contributed by atoms with Gasteiger partial charge in [-0.25, -0.2) is 9.59 Å². The lowest BCUT2D eigenvalue weighted by Crippen LogP contribution is -2.42. The van der Waals surface area contributed by atoms with Crippen LogP contribution in [-0.2, 0) is 16.0 Å². The van der Waals surface area contributed by atoms with E-state index in [2.05, 4.69) is 5.32 Å². The third kappa shape index (κ3) is 6.01. The van der Waals surface area contributed by atoms with Gasteiger partial charge in [0, 0.05) is 18.5 Å². The fourth-order valence-corrected chi connectivity index (χ4v) is 3.81. The quantitative estimate of drug-likeness (QED) is 0.515. The van der Waals surface area contributed by atoms with Crippen LogP contribution in [-0.4, -0.2) is 49.0 Å². The first kappa shape index (κ1) is 23.9.